The Kier molecular flexibility index (Phi) is 4.80. The zero-order valence-corrected chi connectivity index (χ0v) is 17.9. The van der Waals surface area contributed by atoms with Gasteiger partial charge < -0.3 is 15.5 Å². The fraction of sp³-hybridized carbons (Fsp3) is 0.591. The van der Waals surface area contributed by atoms with Gasteiger partial charge >= 0.3 is 0 Å². The van der Waals surface area contributed by atoms with Crippen molar-refractivity contribution in [3.63, 3.8) is 0 Å². The Morgan fingerprint density at radius 1 is 1.37 bits per heavy atom. The van der Waals surface area contributed by atoms with Crippen molar-refractivity contribution in [3.8, 4) is 6.07 Å². The Hall–Kier alpha value is -2.08. The fourth-order valence-electron chi connectivity index (χ4n) is 5.76. The van der Waals surface area contributed by atoms with Gasteiger partial charge in [0, 0.05) is 30.1 Å². The van der Waals surface area contributed by atoms with Gasteiger partial charge in [-0.25, -0.2) is 0 Å². The van der Waals surface area contributed by atoms with Crippen LogP contribution in [0.4, 0.5) is 0 Å². The molecule has 158 valence electrons. The van der Waals surface area contributed by atoms with Gasteiger partial charge in [0.1, 0.15) is 6.04 Å². The lowest BCUT2D eigenvalue weighted by atomic mass is 10.1. The molecule has 5 rings (SSSR count). The van der Waals surface area contributed by atoms with Gasteiger partial charge in [0.25, 0.3) is 0 Å². The Morgan fingerprint density at radius 3 is 2.87 bits per heavy atom. The Labute approximate surface area is 182 Å². The second-order valence-electron chi connectivity index (χ2n) is 9.17. The summed E-state index contributed by atoms with van der Waals surface area (Å²) in [6.45, 7) is 3.16. The third-order valence-corrected chi connectivity index (χ3v) is 7.62. The number of piperidine rings is 1. The summed E-state index contributed by atoms with van der Waals surface area (Å²) >= 11 is 4.42. The molecule has 4 unspecified atom stereocenters. The number of nitrogens with two attached hydrogens (primary N) is 1. The third-order valence-electron chi connectivity index (χ3n) is 7.34. The van der Waals surface area contributed by atoms with Crippen molar-refractivity contribution in [3.05, 3.63) is 29.8 Å². The summed E-state index contributed by atoms with van der Waals surface area (Å²) in [6.07, 6.45) is 2.54. The molecule has 30 heavy (non-hydrogen) atoms. The molecule has 7 nitrogen and oxygen atoms in total. The number of nitrogens with zero attached hydrogens (tertiary/aromatic N) is 4. The number of benzene rings is 1. The molecule has 0 radical (unpaired) electrons. The minimum Gasteiger partial charge on any atom is -0.330 e. The molecule has 8 heteroatoms. The zero-order chi connectivity index (χ0) is 21.2. The quantitative estimate of drug-likeness (QED) is 0.691. The Morgan fingerprint density at radius 2 is 2.17 bits per heavy atom. The van der Waals surface area contributed by atoms with Crippen molar-refractivity contribution in [2.75, 3.05) is 13.1 Å². The topological polar surface area (TPSA) is 93.7 Å². The van der Waals surface area contributed by atoms with E-state index < -0.39 is 6.04 Å². The predicted octanol–water partition coefficient (Wildman–Crippen LogP) is 1.16. The van der Waals surface area contributed by atoms with E-state index in [0.717, 1.165) is 36.3 Å². The van der Waals surface area contributed by atoms with Gasteiger partial charge in [0.05, 0.1) is 24.2 Å². The van der Waals surface area contributed by atoms with Crippen LogP contribution in [0.15, 0.2) is 29.2 Å². The first-order chi connectivity index (χ1) is 14.4. The number of thiol groups is 1. The molecule has 7 atom stereocenters. The first-order valence-electron chi connectivity index (χ1n) is 10.7. The van der Waals surface area contributed by atoms with Crippen LogP contribution >= 0.6 is 12.6 Å². The van der Waals surface area contributed by atoms with Crippen molar-refractivity contribution in [2.24, 2.45) is 11.7 Å². The largest absolute Gasteiger partial charge is 0.330 e. The van der Waals surface area contributed by atoms with E-state index in [4.69, 9.17) is 5.73 Å². The summed E-state index contributed by atoms with van der Waals surface area (Å²) in [6, 6.07) is 9.24. The number of hydrogen-bond donors (Lipinski definition) is 2. The van der Waals surface area contributed by atoms with Crippen LogP contribution in [-0.4, -0.2) is 69.8 Å². The van der Waals surface area contributed by atoms with Crippen LogP contribution in [0, 0.1) is 17.2 Å². The van der Waals surface area contributed by atoms with Gasteiger partial charge in [-0.15, -0.1) is 12.6 Å². The van der Waals surface area contributed by atoms with Crippen LogP contribution in [0.1, 0.15) is 37.8 Å². The molecule has 1 aliphatic carbocycles. The van der Waals surface area contributed by atoms with Gasteiger partial charge in [0.15, 0.2) is 0 Å². The van der Waals surface area contributed by atoms with E-state index in [1.165, 1.54) is 0 Å². The van der Waals surface area contributed by atoms with Gasteiger partial charge in [-0.3, -0.25) is 14.5 Å². The van der Waals surface area contributed by atoms with Crippen LogP contribution in [0.5, 0.6) is 0 Å². The molecule has 3 saturated heterocycles. The monoisotopic (exact) mass is 425 g/mol. The normalized spacial score (nSPS) is 34.1. The number of rotatable bonds is 5. The maximum Gasteiger partial charge on any atom is 0.242 e. The van der Waals surface area contributed by atoms with E-state index in [2.05, 4.69) is 30.5 Å². The van der Waals surface area contributed by atoms with E-state index in [9.17, 15) is 14.9 Å². The molecule has 0 spiro atoms. The number of piperazine rings is 1. The first-order valence-corrected chi connectivity index (χ1v) is 11.2. The second-order valence-corrected chi connectivity index (χ2v) is 9.69. The first kappa shape index (κ1) is 19.9. The van der Waals surface area contributed by atoms with Gasteiger partial charge in [0.2, 0.25) is 11.8 Å². The Bertz CT molecular complexity index is 932. The van der Waals surface area contributed by atoms with Crippen LogP contribution in [0.3, 0.4) is 0 Å². The molecule has 0 aromatic heterocycles. The highest BCUT2D eigenvalue weighted by molar-refractivity contribution is 7.80. The molecule has 2 N–H and O–H groups in total. The third kappa shape index (κ3) is 3.11. The van der Waals surface area contributed by atoms with E-state index in [1.54, 1.807) is 4.90 Å². The van der Waals surface area contributed by atoms with Crippen molar-refractivity contribution in [2.45, 2.75) is 67.3 Å². The average Bonchev–Trinajstić information content (AvgIpc) is 3.06. The molecule has 2 bridgehead atoms. The van der Waals surface area contributed by atoms with Crippen molar-refractivity contribution in [1.82, 2.24) is 14.7 Å². The average molecular weight is 426 g/mol. The number of nitriles is 1. The number of hydrogen-bond acceptors (Lipinski definition) is 6. The lowest BCUT2D eigenvalue weighted by Crippen LogP contribution is -2.57. The summed E-state index contributed by atoms with van der Waals surface area (Å²) in [5.74, 6) is 0.444. The molecule has 3 heterocycles. The highest BCUT2D eigenvalue weighted by Gasteiger charge is 2.56. The number of fused-ring (bicyclic) bond motifs is 3. The number of carbonyl (C=O) groups excluding carboxylic acids is 2. The van der Waals surface area contributed by atoms with Crippen LogP contribution in [-0.2, 0) is 9.59 Å². The summed E-state index contributed by atoms with van der Waals surface area (Å²) in [5, 5.41) is 9.35. The zero-order valence-electron chi connectivity index (χ0n) is 17.0. The molecule has 4 fully saturated rings. The summed E-state index contributed by atoms with van der Waals surface area (Å²) in [5.41, 5.74) is 7.36. The SMILES string of the molecule is CC(c1cccc(S)c1)N1C(=O)[C@@H]2CC1CN2CC(N)C(=O)N1C(C#N)C[C@@H]2C[C@@H]21. The summed E-state index contributed by atoms with van der Waals surface area (Å²) in [7, 11) is 0. The molecule has 2 amide bonds. The lowest BCUT2D eigenvalue weighted by molar-refractivity contribution is -0.141. The predicted molar refractivity (Wildman–Crippen MR) is 113 cm³/mol. The van der Waals surface area contributed by atoms with Gasteiger partial charge in [-0.05, 0) is 49.8 Å². The van der Waals surface area contributed by atoms with Crippen molar-refractivity contribution >= 4 is 24.4 Å². The van der Waals surface area contributed by atoms with Crippen LogP contribution in [0.25, 0.3) is 0 Å². The second kappa shape index (κ2) is 7.26. The van der Waals surface area contributed by atoms with Gasteiger partial charge in [-0.2, -0.15) is 5.26 Å². The number of likely N-dealkylation sites (tertiary alicyclic amines) is 3. The van der Waals surface area contributed by atoms with E-state index in [1.807, 2.05) is 29.2 Å². The standard InChI is InChI=1S/C22H27N5O2S/c1-12(13-3-2-4-17(30)6-13)26-16-8-20(22(26)29)25(10-16)11-18(24)21(28)27-15(9-23)5-14-7-19(14)27/h2-4,6,12,14-16,18-20,30H,5,7-8,10-11,24H2,1H3/t12?,14-,15?,16?,18?,19+,20+/m1/s1. The van der Waals surface area contributed by atoms with E-state index in [0.29, 0.717) is 12.5 Å². The fourth-order valence-corrected chi connectivity index (χ4v) is 5.99. The molecular formula is C22H27N5O2S. The van der Waals surface area contributed by atoms with E-state index >= 15 is 0 Å². The van der Waals surface area contributed by atoms with Crippen LogP contribution < -0.4 is 5.73 Å². The number of amides is 2. The van der Waals surface area contributed by atoms with Crippen LogP contribution in [0.2, 0.25) is 0 Å². The lowest BCUT2D eigenvalue weighted by Gasteiger charge is -2.38. The number of carbonyl (C=O) groups is 2. The molecule has 1 aromatic rings. The molecular weight excluding hydrogens is 398 g/mol. The van der Waals surface area contributed by atoms with Crippen molar-refractivity contribution in [1.29, 1.82) is 5.26 Å². The molecule has 3 aliphatic heterocycles. The van der Waals surface area contributed by atoms with Gasteiger partial charge in [-0.1, -0.05) is 12.1 Å². The highest BCUT2D eigenvalue weighted by Crippen LogP contribution is 2.48. The highest BCUT2D eigenvalue weighted by atomic mass is 32.1. The van der Waals surface area contributed by atoms with E-state index in [-0.39, 0.29) is 42.0 Å². The molecule has 1 aromatic carbocycles. The minimum absolute atomic E-state index is 0.00941. The molecule has 1 saturated carbocycles. The minimum atomic E-state index is -0.695. The smallest absolute Gasteiger partial charge is 0.242 e. The Balaban J connectivity index is 1.24. The maximum atomic E-state index is 13.1. The summed E-state index contributed by atoms with van der Waals surface area (Å²) in [4.78, 5) is 32.7. The maximum absolute atomic E-state index is 13.1. The molecule has 4 aliphatic rings. The van der Waals surface area contributed by atoms with Crippen molar-refractivity contribution < 1.29 is 9.59 Å². The summed E-state index contributed by atoms with van der Waals surface area (Å²) < 4.78 is 0.